The minimum Gasteiger partial charge on any atom is -0.388 e. The Morgan fingerprint density at radius 2 is 2.27 bits per heavy atom. The molecule has 0 saturated heterocycles. The van der Waals surface area contributed by atoms with Crippen LogP contribution in [-0.2, 0) is 0 Å². The summed E-state index contributed by atoms with van der Waals surface area (Å²) in [6, 6.07) is -0.115. The predicted octanol–water partition coefficient (Wildman–Crippen LogP) is 2.11. The van der Waals surface area contributed by atoms with Gasteiger partial charge in [0.05, 0.1) is 13.0 Å². The second-order valence-corrected chi connectivity index (χ2v) is 7.11. The molecule has 0 amide bonds. The quantitative estimate of drug-likeness (QED) is 0.733. The van der Waals surface area contributed by atoms with E-state index in [2.05, 4.69) is 25.2 Å². The molecule has 5 atom stereocenters. The number of aliphatic hydroxyl groups is 1. The fraction of sp³-hybridized carbons (Fsp3) is 0.909. The molecule has 0 bridgehead atoms. The van der Waals surface area contributed by atoms with Crippen molar-refractivity contribution >= 4 is 13.8 Å². The second-order valence-electron chi connectivity index (χ2n) is 4.82. The second kappa shape index (κ2) is 4.90. The zero-order valence-electron chi connectivity index (χ0n) is 9.83. The summed E-state index contributed by atoms with van der Waals surface area (Å²) in [6.45, 7) is 5.63. The first-order valence-corrected chi connectivity index (χ1v) is 7.55. The molecule has 0 aromatic heterocycles. The maximum absolute atomic E-state index is 13.9. The summed E-state index contributed by atoms with van der Waals surface area (Å²) >= 11 is 0. The Morgan fingerprint density at radius 3 is 2.80 bits per heavy atom. The van der Waals surface area contributed by atoms with Crippen molar-refractivity contribution in [1.29, 1.82) is 0 Å². The van der Waals surface area contributed by atoms with Crippen LogP contribution in [0.1, 0.15) is 33.1 Å². The summed E-state index contributed by atoms with van der Waals surface area (Å²) in [5, 5.41) is 13.2. The fourth-order valence-electron chi connectivity index (χ4n) is 2.00. The van der Waals surface area contributed by atoms with Gasteiger partial charge in [0.25, 0.3) is 0 Å². The monoisotopic (exact) mass is 234 g/mol. The fourth-order valence-corrected chi connectivity index (χ4v) is 2.45. The summed E-state index contributed by atoms with van der Waals surface area (Å²) in [7, 11) is -0.331. The number of hydrogen-bond acceptors (Lipinski definition) is 2. The molecule has 0 radical (unpaired) electrons. The van der Waals surface area contributed by atoms with Crippen molar-refractivity contribution in [3.05, 3.63) is 0 Å². The van der Waals surface area contributed by atoms with E-state index in [0.717, 1.165) is 12.8 Å². The first kappa shape index (κ1) is 13.1. The normalized spacial score (nSPS) is 39.9. The van der Waals surface area contributed by atoms with Crippen molar-refractivity contribution in [2.45, 2.75) is 56.7 Å². The van der Waals surface area contributed by atoms with Crippen LogP contribution in [0.3, 0.4) is 0 Å². The van der Waals surface area contributed by atoms with Crippen molar-refractivity contribution in [1.82, 2.24) is 5.32 Å². The summed E-state index contributed by atoms with van der Waals surface area (Å²) in [5.74, 6) is 0.272. The summed E-state index contributed by atoms with van der Waals surface area (Å²) < 4.78 is 13.9. The lowest BCUT2D eigenvalue weighted by molar-refractivity contribution is -0.0480. The molecule has 1 saturated carbocycles. The standard InChI is InChI=1S/C11H22FNOP/c1-8(15(3)4)13-9-6-5-7-11(2,12)10(9)14/h8-10,13-14H,3,5-7H2,1-2,4H3/q+1. The van der Waals surface area contributed by atoms with Crippen LogP contribution in [0.4, 0.5) is 4.39 Å². The molecule has 0 heterocycles. The van der Waals surface area contributed by atoms with E-state index in [4.69, 9.17) is 0 Å². The number of aliphatic hydroxyl groups excluding tert-OH is 1. The van der Waals surface area contributed by atoms with Gasteiger partial charge in [-0.2, -0.15) is 0 Å². The molecule has 0 aromatic rings. The Labute approximate surface area is 92.7 Å². The van der Waals surface area contributed by atoms with E-state index in [9.17, 15) is 9.50 Å². The van der Waals surface area contributed by atoms with Gasteiger partial charge in [0.1, 0.15) is 19.3 Å². The molecular weight excluding hydrogens is 212 g/mol. The van der Waals surface area contributed by atoms with Crippen molar-refractivity contribution in [3.8, 4) is 0 Å². The molecule has 1 aliphatic carbocycles. The SMILES string of the molecule is C=[P+](C)C(C)NC1CCCC(C)(F)C1O. The lowest BCUT2D eigenvalue weighted by Crippen LogP contribution is -2.54. The van der Waals surface area contributed by atoms with Crippen LogP contribution in [0.2, 0.25) is 0 Å². The van der Waals surface area contributed by atoms with E-state index in [1.165, 1.54) is 6.92 Å². The van der Waals surface area contributed by atoms with Crippen molar-refractivity contribution < 1.29 is 9.50 Å². The average Bonchev–Trinajstić information content (AvgIpc) is 2.12. The van der Waals surface area contributed by atoms with Gasteiger partial charge in [-0.1, -0.05) is 0 Å². The van der Waals surface area contributed by atoms with Gasteiger partial charge < -0.3 is 5.11 Å². The van der Waals surface area contributed by atoms with Gasteiger partial charge in [0, 0.05) is 6.04 Å². The molecule has 0 aliphatic heterocycles. The van der Waals surface area contributed by atoms with Gasteiger partial charge in [-0.15, -0.1) is 0 Å². The molecule has 1 fully saturated rings. The highest BCUT2D eigenvalue weighted by Gasteiger charge is 2.42. The topological polar surface area (TPSA) is 32.3 Å². The molecule has 0 spiro atoms. The zero-order chi connectivity index (χ0) is 11.6. The maximum atomic E-state index is 13.9. The van der Waals surface area contributed by atoms with Gasteiger partial charge in [0.15, 0.2) is 5.78 Å². The van der Waals surface area contributed by atoms with Gasteiger partial charge >= 0.3 is 0 Å². The van der Waals surface area contributed by atoms with Crippen LogP contribution in [0.15, 0.2) is 0 Å². The van der Waals surface area contributed by atoms with Crippen molar-refractivity contribution in [2.75, 3.05) is 6.66 Å². The van der Waals surface area contributed by atoms with E-state index in [1.807, 2.05) is 0 Å². The molecule has 1 aliphatic rings. The highest BCUT2D eigenvalue weighted by atomic mass is 31.1. The minimum absolute atomic E-state index is 0.115. The Hall–Kier alpha value is 0.0200. The molecule has 5 unspecified atom stereocenters. The van der Waals surface area contributed by atoms with Crippen molar-refractivity contribution in [3.63, 3.8) is 0 Å². The van der Waals surface area contributed by atoms with E-state index in [-0.39, 0.29) is 19.4 Å². The lowest BCUT2D eigenvalue weighted by atomic mass is 9.82. The Kier molecular flexibility index (Phi) is 4.28. The van der Waals surface area contributed by atoms with Crippen LogP contribution in [0.25, 0.3) is 0 Å². The van der Waals surface area contributed by atoms with E-state index >= 15 is 0 Å². The van der Waals surface area contributed by atoms with Crippen LogP contribution in [0.5, 0.6) is 0 Å². The molecule has 4 heteroatoms. The third kappa shape index (κ3) is 3.24. The molecule has 2 nitrogen and oxygen atoms in total. The number of rotatable bonds is 3. The smallest absolute Gasteiger partial charge is 0.164 e. The minimum atomic E-state index is -1.44. The Balaban J connectivity index is 2.58. The van der Waals surface area contributed by atoms with Gasteiger partial charge in [-0.05, 0) is 33.1 Å². The number of nitrogens with one attached hydrogen (secondary N) is 1. The largest absolute Gasteiger partial charge is 0.388 e. The van der Waals surface area contributed by atoms with E-state index in [1.54, 1.807) is 0 Å². The third-order valence-corrected chi connectivity index (χ3v) is 4.77. The van der Waals surface area contributed by atoms with Gasteiger partial charge in [0.2, 0.25) is 0 Å². The highest BCUT2D eigenvalue weighted by molar-refractivity contribution is 7.55. The zero-order valence-corrected chi connectivity index (χ0v) is 10.7. The lowest BCUT2D eigenvalue weighted by Gasteiger charge is -2.38. The third-order valence-electron chi connectivity index (χ3n) is 3.29. The molecule has 2 N–H and O–H groups in total. The first-order valence-electron chi connectivity index (χ1n) is 5.51. The highest BCUT2D eigenvalue weighted by Crippen LogP contribution is 2.33. The molecular formula is C11H22FNOP+. The summed E-state index contributed by atoms with van der Waals surface area (Å²) in [6.07, 6.45) is 5.27. The molecule has 88 valence electrons. The Bertz CT molecular complexity index is 245. The maximum Gasteiger partial charge on any atom is 0.164 e. The van der Waals surface area contributed by atoms with Crippen LogP contribution in [0, 0.1) is 0 Å². The van der Waals surface area contributed by atoms with Crippen LogP contribution in [-0.4, -0.2) is 41.7 Å². The summed E-state index contributed by atoms with van der Waals surface area (Å²) in [5.41, 5.74) is -1.44. The van der Waals surface area contributed by atoms with Crippen LogP contribution < -0.4 is 5.32 Å². The Morgan fingerprint density at radius 1 is 1.67 bits per heavy atom. The predicted molar refractivity (Wildman–Crippen MR) is 65.7 cm³/mol. The summed E-state index contributed by atoms with van der Waals surface area (Å²) in [4.78, 5) is 0. The van der Waals surface area contributed by atoms with Crippen LogP contribution >= 0.6 is 7.55 Å². The molecule has 1 rings (SSSR count). The van der Waals surface area contributed by atoms with E-state index < -0.39 is 11.8 Å². The number of hydrogen-bond donors (Lipinski definition) is 2. The average molecular weight is 234 g/mol. The number of halogens is 1. The number of alkyl halides is 1. The molecule has 0 aromatic carbocycles. The van der Waals surface area contributed by atoms with Crippen molar-refractivity contribution in [2.24, 2.45) is 0 Å². The van der Waals surface area contributed by atoms with Gasteiger partial charge in [-0.3, -0.25) is 5.32 Å². The first-order chi connectivity index (χ1) is 6.84. The van der Waals surface area contributed by atoms with Gasteiger partial charge in [-0.25, -0.2) is 4.39 Å². The molecule has 15 heavy (non-hydrogen) atoms. The van der Waals surface area contributed by atoms with E-state index in [0.29, 0.717) is 6.42 Å².